The summed E-state index contributed by atoms with van der Waals surface area (Å²) in [5, 5.41) is 20.2. The number of nitrogens with zero attached hydrogens (tertiary/aromatic N) is 1. The highest BCUT2D eigenvalue weighted by atomic mass is 16.3. The third-order valence-corrected chi connectivity index (χ3v) is 9.04. The lowest BCUT2D eigenvalue weighted by atomic mass is 9.61. The molecule has 0 unspecified atom stereocenters. The highest BCUT2D eigenvalue weighted by molar-refractivity contribution is 5.38. The molecule has 7 atom stereocenters. The van der Waals surface area contributed by atoms with Crippen molar-refractivity contribution in [2.75, 3.05) is 19.6 Å². The zero-order valence-corrected chi connectivity index (χ0v) is 19.4. The molecule has 1 heterocycles. The summed E-state index contributed by atoms with van der Waals surface area (Å²) in [5.74, 6) is 3.15. The highest BCUT2D eigenvalue weighted by Gasteiger charge is 2.50. The van der Waals surface area contributed by atoms with Gasteiger partial charge in [0.05, 0.1) is 12.2 Å². The number of fused-ring (bicyclic) bond motifs is 1. The molecule has 1 saturated heterocycles. The van der Waals surface area contributed by atoms with Crippen molar-refractivity contribution in [1.29, 1.82) is 0 Å². The van der Waals surface area contributed by atoms with Gasteiger partial charge in [-0.15, -0.1) is 0 Å². The van der Waals surface area contributed by atoms with E-state index in [2.05, 4.69) is 44.4 Å². The topological polar surface area (TPSA) is 43.7 Å². The SMILES string of the molecule is C=C1/C(=C\C=C2/CCC[C@]3(C)[C@@H]([C@@H](C)CN4CC[C@@H](C)C4)CC[C@@H]23)C[C@@H](O)C[C@@H]1O. The monoisotopic (exact) mass is 413 g/mol. The molecule has 30 heavy (non-hydrogen) atoms. The van der Waals surface area contributed by atoms with Gasteiger partial charge in [-0.1, -0.05) is 45.1 Å². The van der Waals surface area contributed by atoms with Gasteiger partial charge in [-0.25, -0.2) is 0 Å². The van der Waals surface area contributed by atoms with Crippen LogP contribution in [0.5, 0.6) is 0 Å². The van der Waals surface area contributed by atoms with Gasteiger partial charge in [0, 0.05) is 19.5 Å². The summed E-state index contributed by atoms with van der Waals surface area (Å²) in [6.45, 7) is 15.4. The fraction of sp³-hybridized carbons (Fsp3) is 0.778. The van der Waals surface area contributed by atoms with Crippen LogP contribution < -0.4 is 0 Å². The number of hydrogen-bond acceptors (Lipinski definition) is 3. The van der Waals surface area contributed by atoms with Crippen LogP contribution in [0.25, 0.3) is 0 Å². The molecule has 0 spiro atoms. The summed E-state index contributed by atoms with van der Waals surface area (Å²) in [6.07, 6.45) is 12.4. The third kappa shape index (κ3) is 4.36. The summed E-state index contributed by atoms with van der Waals surface area (Å²) >= 11 is 0. The largest absolute Gasteiger partial charge is 0.393 e. The van der Waals surface area contributed by atoms with Crippen molar-refractivity contribution in [2.45, 2.75) is 84.3 Å². The Hall–Kier alpha value is -0.900. The van der Waals surface area contributed by atoms with Gasteiger partial charge in [0.1, 0.15) is 0 Å². The molecule has 0 aromatic heterocycles. The van der Waals surface area contributed by atoms with Gasteiger partial charge in [-0.05, 0) is 91.7 Å². The first-order valence-electron chi connectivity index (χ1n) is 12.4. The lowest BCUT2D eigenvalue weighted by Crippen LogP contribution is -2.39. The molecule has 0 amide bonds. The van der Waals surface area contributed by atoms with Gasteiger partial charge < -0.3 is 15.1 Å². The van der Waals surface area contributed by atoms with E-state index in [1.54, 1.807) is 5.57 Å². The summed E-state index contributed by atoms with van der Waals surface area (Å²) in [4.78, 5) is 2.71. The maximum atomic E-state index is 10.2. The first-order valence-corrected chi connectivity index (χ1v) is 12.4. The van der Waals surface area contributed by atoms with Crippen molar-refractivity contribution >= 4 is 0 Å². The molecule has 168 valence electrons. The van der Waals surface area contributed by atoms with Crippen LogP contribution in [-0.2, 0) is 0 Å². The van der Waals surface area contributed by atoms with Crippen LogP contribution >= 0.6 is 0 Å². The molecule has 4 fully saturated rings. The average Bonchev–Trinajstić information content (AvgIpc) is 3.25. The number of allylic oxidation sites excluding steroid dienone is 3. The van der Waals surface area contributed by atoms with E-state index >= 15 is 0 Å². The van der Waals surface area contributed by atoms with E-state index in [9.17, 15) is 10.2 Å². The van der Waals surface area contributed by atoms with E-state index in [0.29, 0.717) is 24.2 Å². The van der Waals surface area contributed by atoms with Crippen molar-refractivity contribution in [3.8, 4) is 0 Å². The van der Waals surface area contributed by atoms with Crippen molar-refractivity contribution < 1.29 is 10.2 Å². The van der Waals surface area contributed by atoms with E-state index in [4.69, 9.17) is 0 Å². The lowest BCUT2D eigenvalue weighted by molar-refractivity contribution is 0.0816. The van der Waals surface area contributed by atoms with Crippen LogP contribution in [-0.4, -0.2) is 47.0 Å². The summed E-state index contributed by atoms with van der Waals surface area (Å²) in [5.41, 5.74) is 3.86. The second-order valence-electron chi connectivity index (χ2n) is 11.3. The smallest absolute Gasteiger partial charge is 0.0811 e. The number of hydrogen-bond donors (Lipinski definition) is 2. The zero-order chi connectivity index (χ0) is 21.5. The van der Waals surface area contributed by atoms with Crippen LogP contribution in [0.3, 0.4) is 0 Å². The lowest BCUT2D eigenvalue weighted by Gasteiger charge is -2.45. The Balaban J connectivity index is 1.47. The fourth-order valence-corrected chi connectivity index (χ4v) is 7.41. The van der Waals surface area contributed by atoms with E-state index in [0.717, 1.165) is 28.9 Å². The first-order chi connectivity index (χ1) is 14.3. The predicted octanol–water partition coefficient (Wildman–Crippen LogP) is 5.11. The number of likely N-dealkylation sites (tertiary alicyclic amines) is 1. The van der Waals surface area contributed by atoms with E-state index in [-0.39, 0.29) is 0 Å². The second-order valence-corrected chi connectivity index (χ2v) is 11.3. The van der Waals surface area contributed by atoms with Crippen LogP contribution in [0.15, 0.2) is 35.5 Å². The number of rotatable bonds is 4. The molecule has 3 nitrogen and oxygen atoms in total. The van der Waals surface area contributed by atoms with Gasteiger partial charge in [0.15, 0.2) is 0 Å². The zero-order valence-electron chi connectivity index (χ0n) is 19.4. The summed E-state index contributed by atoms with van der Waals surface area (Å²) < 4.78 is 0. The minimum Gasteiger partial charge on any atom is -0.393 e. The molecule has 0 aromatic rings. The van der Waals surface area contributed by atoms with Crippen LogP contribution in [0.4, 0.5) is 0 Å². The fourth-order valence-electron chi connectivity index (χ4n) is 7.41. The molecule has 4 rings (SSSR count). The molecular formula is C27H43NO2. The first kappa shape index (κ1) is 22.3. The van der Waals surface area contributed by atoms with Gasteiger partial charge in [0.2, 0.25) is 0 Å². The molecule has 3 saturated carbocycles. The van der Waals surface area contributed by atoms with E-state index in [1.807, 2.05) is 0 Å². The number of aliphatic hydroxyl groups excluding tert-OH is 2. The quantitative estimate of drug-likeness (QED) is 0.673. The maximum absolute atomic E-state index is 10.2. The molecule has 4 aliphatic rings. The van der Waals surface area contributed by atoms with E-state index < -0.39 is 12.2 Å². The number of aliphatic hydroxyl groups is 2. The standard InChI is InChI=1S/C27H43NO2/c1-18-11-13-28(16-18)17-19(2)24-9-10-25-21(6-5-12-27(24,25)4)7-8-22-14-23(29)15-26(30)20(22)3/h7-8,18-19,23-26,29-30H,3,5-6,9-17H2,1-2,4H3/b21-7+,22-8-/t18-,19+,23-,24-,25+,26+,27-/m1/s1. The minimum atomic E-state index is -0.597. The van der Waals surface area contributed by atoms with Crippen molar-refractivity contribution in [3.05, 3.63) is 35.5 Å². The van der Waals surface area contributed by atoms with Crippen molar-refractivity contribution in [3.63, 3.8) is 0 Å². The van der Waals surface area contributed by atoms with Crippen LogP contribution in [0.1, 0.15) is 72.1 Å². The minimum absolute atomic E-state index is 0.419. The Morgan fingerprint density at radius 1 is 1.23 bits per heavy atom. The van der Waals surface area contributed by atoms with Crippen molar-refractivity contribution in [2.24, 2.45) is 29.1 Å². The Kier molecular flexibility index (Phi) is 6.63. The van der Waals surface area contributed by atoms with Gasteiger partial charge >= 0.3 is 0 Å². The summed E-state index contributed by atoms with van der Waals surface area (Å²) in [7, 11) is 0. The van der Waals surface area contributed by atoms with Crippen LogP contribution in [0.2, 0.25) is 0 Å². The predicted molar refractivity (Wildman–Crippen MR) is 124 cm³/mol. The Morgan fingerprint density at radius 2 is 2.03 bits per heavy atom. The third-order valence-electron chi connectivity index (χ3n) is 9.04. The highest BCUT2D eigenvalue weighted by Crippen LogP contribution is 2.59. The molecule has 0 radical (unpaired) electrons. The normalized spacial score (nSPS) is 44.0. The Bertz CT molecular complexity index is 710. The molecule has 0 bridgehead atoms. The summed E-state index contributed by atoms with van der Waals surface area (Å²) in [6, 6.07) is 0. The Labute approximate surface area is 183 Å². The van der Waals surface area contributed by atoms with Crippen LogP contribution in [0, 0.1) is 29.1 Å². The van der Waals surface area contributed by atoms with E-state index in [1.165, 1.54) is 58.2 Å². The molecule has 0 aromatic carbocycles. The molecule has 2 N–H and O–H groups in total. The Morgan fingerprint density at radius 3 is 2.77 bits per heavy atom. The average molecular weight is 414 g/mol. The van der Waals surface area contributed by atoms with Gasteiger partial charge in [-0.3, -0.25) is 0 Å². The second kappa shape index (κ2) is 8.92. The van der Waals surface area contributed by atoms with Crippen molar-refractivity contribution in [1.82, 2.24) is 4.90 Å². The molecular weight excluding hydrogens is 370 g/mol. The molecule has 3 aliphatic carbocycles. The molecule has 1 aliphatic heterocycles. The maximum Gasteiger partial charge on any atom is 0.0811 e. The van der Waals surface area contributed by atoms with Gasteiger partial charge in [0.25, 0.3) is 0 Å². The van der Waals surface area contributed by atoms with Gasteiger partial charge in [-0.2, -0.15) is 0 Å². The molecule has 3 heteroatoms.